The van der Waals surface area contributed by atoms with Crippen LogP contribution in [0, 0.1) is 0 Å². The first-order chi connectivity index (χ1) is 6.79. The lowest BCUT2D eigenvalue weighted by atomic mass is 10.1. The van der Waals surface area contributed by atoms with Crippen molar-refractivity contribution in [1.82, 2.24) is 14.9 Å². The Balaban J connectivity index is 2.66. The molecule has 0 amide bonds. The number of rotatable bonds is 6. The van der Waals surface area contributed by atoms with E-state index in [1.165, 1.54) is 0 Å². The van der Waals surface area contributed by atoms with Gasteiger partial charge in [-0.2, -0.15) is 0 Å². The van der Waals surface area contributed by atoms with Crippen LogP contribution in [0.4, 0.5) is 0 Å². The first-order valence-corrected chi connectivity index (χ1v) is 5.11. The molecule has 3 nitrogen and oxygen atoms in total. The summed E-state index contributed by atoms with van der Waals surface area (Å²) in [6.45, 7) is 6.82. The van der Waals surface area contributed by atoms with Gasteiger partial charge in [-0.15, -0.1) is 6.58 Å². The molecule has 0 radical (unpaired) electrons. The maximum atomic E-state index is 4.35. The molecule has 0 saturated carbocycles. The minimum Gasteiger partial charge on any atom is -0.337 e. The highest BCUT2D eigenvalue weighted by Crippen LogP contribution is 2.15. The molecule has 0 spiro atoms. The van der Waals surface area contributed by atoms with E-state index in [-0.39, 0.29) is 0 Å². The van der Waals surface area contributed by atoms with Crippen LogP contribution >= 0.6 is 0 Å². The van der Waals surface area contributed by atoms with E-state index in [0.29, 0.717) is 6.04 Å². The number of hydrogen-bond acceptors (Lipinski definition) is 2. The molecule has 1 aromatic rings. The van der Waals surface area contributed by atoms with Crippen molar-refractivity contribution in [3.8, 4) is 0 Å². The van der Waals surface area contributed by atoms with Gasteiger partial charge in [-0.3, -0.25) is 0 Å². The third-order valence-corrected chi connectivity index (χ3v) is 2.28. The Bertz CT molecular complexity index is 278. The number of nitrogens with zero attached hydrogens (tertiary/aromatic N) is 2. The molecule has 1 aromatic heterocycles. The van der Waals surface area contributed by atoms with Crippen molar-refractivity contribution in [2.75, 3.05) is 6.54 Å². The van der Waals surface area contributed by atoms with E-state index in [1.807, 2.05) is 25.5 Å². The van der Waals surface area contributed by atoms with Gasteiger partial charge in [0.05, 0.1) is 6.04 Å². The van der Waals surface area contributed by atoms with Crippen molar-refractivity contribution < 1.29 is 0 Å². The summed E-state index contributed by atoms with van der Waals surface area (Å²) in [5.41, 5.74) is 0. The van der Waals surface area contributed by atoms with E-state index in [4.69, 9.17) is 0 Å². The Hall–Kier alpha value is -1.09. The van der Waals surface area contributed by atoms with Crippen molar-refractivity contribution in [3.63, 3.8) is 0 Å². The quantitative estimate of drug-likeness (QED) is 0.701. The van der Waals surface area contributed by atoms with Crippen LogP contribution in [0.25, 0.3) is 0 Å². The molecule has 78 valence electrons. The van der Waals surface area contributed by atoms with Gasteiger partial charge < -0.3 is 9.88 Å². The molecule has 0 aliphatic heterocycles. The van der Waals surface area contributed by atoms with Crippen LogP contribution in [0.5, 0.6) is 0 Å². The van der Waals surface area contributed by atoms with E-state index in [9.17, 15) is 0 Å². The van der Waals surface area contributed by atoms with Crippen LogP contribution in [0.3, 0.4) is 0 Å². The first kappa shape index (κ1) is 11.0. The standard InChI is InChI=1S/C11H19N3/c1-4-6-7-10(12-5-2)11-13-8-9-14(11)3/h4,8-10,12H,1,5-7H2,2-3H3. The average Bonchev–Trinajstić information content (AvgIpc) is 2.59. The Morgan fingerprint density at radius 1 is 1.71 bits per heavy atom. The van der Waals surface area contributed by atoms with Crippen LogP contribution in [0.1, 0.15) is 31.6 Å². The van der Waals surface area contributed by atoms with Gasteiger partial charge in [0.1, 0.15) is 5.82 Å². The molecule has 0 aliphatic rings. The normalized spacial score (nSPS) is 12.7. The van der Waals surface area contributed by atoms with Crippen molar-refractivity contribution in [2.24, 2.45) is 7.05 Å². The summed E-state index contributed by atoms with van der Waals surface area (Å²) in [6, 6.07) is 0.345. The number of allylic oxidation sites excluding steroid dienone is 1. The minimum atomic E-state index is 0.345. The maximum Gasteiger partial charge on any atom is 0.125 e. The fourth-order valence-corrected chi connectivity index (χ4v) is 1.57. The topological polar surface area (TPSA) is 29.9 Å². The van der Waals surface area contributed by atoms with Crippen molar-refractivity contribution >= 4 is 0 Å². The van der Waals surface area contributed by atoms with E-state index in [2.05, 4.69) is 28.4 Å². The molecule has 0 aromatic carbocycles. The second-order valence-corrected chi connectivity index (χ2v) is 3.37. The lowest BCUT2D eigenvalue weighted by Crippen LogP contribution is -2.23. The molecule has 1 heterocycles. The van der Waals surface area contributed by atoms with Crippen LogP contribution in [0.15, 0.2) is 25.0 Å². The number of hydrogen-bond donors (Lipinski definition) is 1. The molecule has 1 atom stereocenters. The Morgan fingerprint density at radius 3 is 3.00 bits per heavy atom. The predicted molar refractivity (Wildman–Crippen MR) is 59.1 cm³/mol. The maximum absolute atomic E-state index is 4.35. The summed E-state index contributed by atoms with van der Waals surface area (Å²) >= 11 is 0. The van der Waals surface area contributed by atoms with E-state index in [0.717, 1.165) is 25.2 Å². The van der Waals surface area contributed by atoms with E-state index >= 15 is 0 Å². The van der Waals surface area contributed by atoms with Gasteiger partial charge in [0.25, 0.3) is 0 Å². The summed E-state index contributed by atoms with van der Waals surface area (Å²) in [7, 11) is 2.03. The SMILES string of the molecule is C=CCCC(NCC)c1nccn1C. The third-order valence-electron chi connectivity index (χ3n) is 2.28. The summed E-state index contributed by atoms with van der Waals surface area (Å²) in [5, 5.41) is 3.43. The lowest BCUT2D eigenvalue weighted by Gasteiger charge is -2.16. The fraction of sp³-hybridized carbons (Fsp3) is 0.545. The van der Waals surface area contributed by atoms with Crippen molar-refractivity contribution in [3.05, 3.63) is 30.9 Å². The van der Waals surface area contributed by atoms with Crippen LogP contribution < -0.4 is 5.32 Å². The highest BCUT2D eigenvalue weighted by atomic mass is 15.1. The molecular formula is C11H19N3. The highest BCUT2D eigenvalue weighted by Gasteiger charge is 2.12. The Labute approximate surface area is 85.8 Å². The van der Waals surface area contributed by atoms with Gasteiger partial charge in [0, 0.05) is 19.4 Å². The van der Waals surface area contributed by atoms with Crippen LogP contribution in [-0.2, 0) is 7.05 Å². The third kappa shape index (κ3) is 2.70. The Kier molecular flexibility index (Phi) is 4.40. The molecule has 14 heavy (non-hydrogen) atoms. The summed E-state index contributed by atoms with van der Waals surface area (Å²) in [4.78, 5) is 4.35. The molecule has 0 bridgehead atoms. The fourth-order valence-electron chi connectivity index (χ4n) is 1.57. The van der Waals surface area contributed by atoms with E-state index in [1.54, 1.807) is 0 Å². The number of aromatic nitrogens is 2. The molecule has 0 aliphatic carbocycles. The van der Waals surface area contributed by atoms with Crippen LogP contribution in [0.2, 0.25) is 0 Å². The monoisotopic (exact) mass is 193 g/mol. The van der Waals surface area contributed by atoms with Gasteiger partial charge in [-0.1, -0.05) is 13.0 Å². The zero-order valence-electron chi connectivity index (χ0n) is 9.03. The van der Waals surface area contributed by atoms with Gasteiger partial charge in [-0.05, 0) is 19.4 Å². The largest absolute Gasteiger partial charge is 0.337 e. The van der Waals surface area contributed by atoms with Crippen LogP contribution in [-0.4, -0.2) is 16.1 Å². The number of aryl methyl sites for hydroxylation is 1. The summed E-state index contributed by atoms with van der Waals surface area (Å²) < 4.78 is 2.07. The number of nitrogens with one attached hydrogen (secondary N) is 1. The molecule has 0 fully saturated rings. The molecular weight excluding hydrogens is 174 g/mol. The van der Waals surface area contributed by atoms with Crippen molar-refractivity contribution in [1.29, 1.82) is 0 Å². The Morgan fingerprint density at radius 2 is 2.50 bits per heavy atom. The zero-order valence-corrected chi connectivity index (χ0v) is 9.03. The summed E-state index contributed by atoms with van der Waals surface area (Å²) in [5.74, 6) is 1.11. The van der Waals surface area contributed by atoms with Crippen molar-refractivity contribution in [2.45, 2.75) is 25.8 Å². The smallest absolute Gasteiger partial charge is 0.125 e. The number of imidazole rings is 1. The van der Waals surface area contributed by atoms with Gasteiger partial charge in [0.15, 0.2) is 0 Å². The average molecular weight is 193 g/mol. The second kappa shape index (κ2) is 5.60. The molecule has 1 rings (SSSR count). The lowest BCUT2D eigenvalue weighted by molar-refractivity contribution is 0.481. The minimum absolute atomic E-state index is 0.345. The predicted octanol–water partition coefficient (Wildman–Crippen LogP) is 2.04. The molecule has 3 heteroatoms. The first-order valence-electron chi connectivity index (χ1n) is 5.11. The summed E-state index contributed by atoms with van der Waals surface area (Å²) in [6.07, 6.45) is 7.85. The zero-order chi connectivity index (χ0) is 10.4. The van der Waals surface area contributed by atoms with Gasteiger partial charge in [-0.25, -0.2) is 4.98 Å². The van der Waals surface area contributed by atoms with Gasteiger partial charge in [0.2, 0.25) is 0 Å². The highest BCUT2D eigenvalue weighted by molar-refractivity contribution is 4.99. The second-order valence-electron chi connectivity index (χ2n) is 3.37. The van der Waals surface area contributed by atoms with Gasteiger partial charge >= 0.3 is 0 Å². The van der Waals surface area contributed by atoms with E-state index < -0.39 is 0 Å². The molecule has 1 unspecified atom stereocenters. The molecule has 1 N–H and O–H groups in total. The molecule has 0 saturated heterocycles.